The molecular weight excluding hydrogens is 288 g/mol. The van der Waals surface area contributed by atoms with Crippen LogP contribution in [0.5, 0.6) is 11.5 Å². The van der Waals surface area contributed by atoms with E-state index in [0.717, 1.165) is 24.7 Å². The zero-order valence-electron chi connectivity index (χ0n) is 13.3. The van der Waals surface area contributed by atoms with Gasteiger partial charge in [-0.25, -0.2) is 0 Å². The van der Waals surface area contributed by atoms with Crippen LogP contribution < -0.4 is 14.8 Å². The van der Waals surface area contributed by atoms with E-state index in [1.807, 2.05) is 12.1 Å². The molecule has 1 aliphatic rings. The largest absolute Gasteiger partial charge is 0.493 e. The van der Waals surface area contributed by atoms with Gasteiger partial charge in [0.15, 0.2) is 11.5 Å². The van der Waals surface area contributed by atoms with Crippen molar-refractivity contribution in [3.05, 3.63) is 22.7 Å². The standard InChI is InChI=1S/C16H25ClN2O2/c1-11(19(2)13-5-6-13)9-18-10-12-7-14(17)16(21-4)15(8-12)20-3/h7-8,11,13,18H,5-6,9-10H2,1-4H3. The number of methoxy groups -OCH3 is 2. The Labute approximate surface area is 132 Å². The Bertz CT molecular complexity index is 478. The fraction of sp³-hybridized carbons (Fsp3) is 0.625. The van der Waals surface area contributed by atoms with Crippen LogP contribution in [-0.4, -0.2) is 44.8 Å². The summed E-state index contributed by atoms with van der Waals surface area (Å²) < 4.78 is 10.6. The molecule has 118 valence electrons. The Balaban J connectivity index is 1.89. The number of likely N-dealkylation sites (N-methyl/N-ethyl adjacent to an activating group) is 1. The molecule has 1 aromatic rings. The molecule has 0 bridgehead atoms. The minimum absolute atomic E-state index is 0.535. The van der Waals surface area contributed by atoms with Crippen molar-refractivity contribution in [1.82, 2.24) is 10.2 Å². The number of benzene rings is 1. The number of hydrogen-bond donors (Lipinski definition) is 1. The maximum absolute atomic E-state index is 6.21. The number of ether oxygens (including phenoxy) is 2. The first-order valence-corrected chi connectivity index (χ1v) is 7.77. The van der Waals surface area contributed by atoms with Crippen LogP contribution in [0.25, 0.3) is 0 Å². The molecule has 0 heterocycles. The van der Waals surface area contributed by atoms with Crippen LogP contribution in [-0.2, 0) is 6.54 Å². The van der Waals surface area contributed by atoms with Gasteiger partial charge in [0.2, 0.25) is 0 Å². The van der Waals surface area contributed by atoms with Crippen LogP contribution in [0, 0.1) is 0 Å². The van der Waals surface area contributed by atoms with Gasteiger partial charge in [-0.15, -0.1) is 0 Å². The highest BCUT2D eigenvalue weighted by Crippen LogP contribution is 2.36. The third kappa shape index (κ3) is 4.25. The van der Waals surface area contributed by atoms with Crippen molar-refractivity contribution in [3.63, 3.8) is 0 Å². The summed E-state index contributed by atoms with van der Waals surface area (Å²) >= 11 is 6.21. The molecule has 5 heteroatoms. The molecule has 1 aromatic carbocycles. The Hall–Kier alpha value is -0.970. The topological polar surface area (TPSA) is 33.7 Å². The Morgan fingerprint density at radius 3 is 2.62 bits per heavy atom. The van der Waals surface area contributed by atoms with Crippen molar-refractivity contribution in [1.29, 1.82) is 0 Å². The van der Waals surface area contributed by atoms with Crippen LogP contribution in [0.3, 0.4) is 0 Å². The average Bonchev–Trinajstić information content (AvgIpc) is 3.30. The molecule has 0 amide bonds. The number of nitrogens with one attached hydrogen (secondary N) is 1. The highest BCUT2D eigenvalue weighted by Gasteiger charge is 2.28. The highest BCUT2D eigenvalue weighted by atomic mass is 35.5. The second-order valence-corrected chi connectivity index (χ2v) is 6.10. The molecule has 0 radical (unpaired) electrons. The van der Waals surface area contributed by atoms with Crippen LogP contribution in [0.15, 0.2) is 12.1 Å². The van der Waals surface area contributed by atoms with Crippen LogP contribution in [0.2, 0.25) is 5.02 Å². The lowest BCUT2D eigenvalue weighted by atomic mass is 10.2. The van der Waals surface area contributed by atoms with E-state index in [0.29, 0.717) is 22.6 Å². The van der Waals surface area contributed by atoms with E-state index in [1.54, 1.807) is 14.2 Å². The summed E-state index contributed by atoms with van der Waals surface area (Å²) in [6.07, 6.45) is 2.68. The molecule has 1 saturated carbocycles. The average molecular weight is 313 g/mol. The first kappa shape index (κ1) is 16.4. The molecule has 4 nitrogen and oxygen atoms in total. The van der Waals surface area contributed by atoms with Gasteiger partial charge in [-0.05, 0) is 44.5 Å². The summed E-state index contributed by atoms with van der Waals surface area (Å²) in [7, 11) is 5.42. The summed E-state index contributed by atoms with van der Waals surface area (Å²) in [5, 5.41) is 4.06. The van der Waals surface area contributed by atoms with E-state index in [1.165, 1.54) is 12.8 Å². The summed E-state index contributed by atoms with van der Waals surface area (Å²) in [6.45, 7) is 3.98. The molecule has 21 heavy (non-hydrogen) atoms. The predicted molar refractivity (Wildman–Crippen MR) is 86.5 cm³/mol. The van der Waals surface area contributed by atoms with Gasteiger partial charge < -0.3 is 14.8 Å². The molecule has 1 atom stereocenters. The van der Waals surface area contributed by atoms with Gasteiger partial charge in [-0.3, -0.25) is 4.90 Å². The monoisotopic (exact) mass is 312 g/mol. The van der Waals surface area contributed by atoms with Gasteiger partial charge >= 0.3 is 0 Å². The lowest BCUT2D eigenvalue weighted by molar-refractivity contribution is 0.241. The summed E-state index contributed by atoms with van der Waals surface area (Å²) in [4.78, 5) is 2.45. The predicted octanol–water partition coefficient (Wildman–Crippen LogP) is 2.93. The zero-order chi connectivity index (χ0) is 15.4. The van der Waals surface area contributed by atoms with E-state index in [9.17, 15) is 0 Å². The molecular formula is C16H25ClN2O2. The van der Waals surface area contributed by atoms with Gasteiger partial charge in [0.1, 0.15) is 0 Å². The molecule has 0 aromatic heterocycles. The number of hydrogen-bond acceptors (Lipinski definition) is 4. The van der Waals surface area contributed by atoms with Crippen molar-refractivity contribution in [2.45, 2.75) is 38.4 Å². The van der Waals surface area contributed by atoms with E-state index in [4.69, 9.17) is 21.1 Å². The van der Waals surface area contributed by atoms with Gasteiger partial charge in [-0.1, -0.05) is 11.6 Å². The Morgan fingerprint density at radius 1 is 1.33 bits per heavy atom. The van der Waals surface area contributed by atoms with Gasteiger partial charge in [0, 0.05) is 25.2 Å². The molecule has 1 aliphatic carbocycles. The molecule has 1 fully saturated rings. The third-order valence-corrected chi connectivity index (χ3v) is 4.36. The molecule has 0 aliphatic heterocycles. The van der Waals surface area contributed by atoms with Crippen LogP contribution >= 0.6 is 11.6 Å². The summed E-state index contributed by atoms with van der Waals surface area (Å²) in [5.41, 5.74) is 1.10. The maximum atomic E-state index is 6.21. The highest BCUT2D eigenvalue weighted by molar-refractivity contribution is 6.32. The smallest absolute Gasteiger partial charge is 0.179 e. The van der Waals surface area contributed by atoms with Crippen LogP contribution in [0.4, 0.5) is 0 Å². The normalized spacial score (nSPS) is 16.1. The van der Waals surface area contributed by atoms with E-state index >= 15 is 0 Å². The van der Waals surface area contributed by atoms with Crippen molar-refractivity contribution in [2.75, 3.05) is 27.8 Å². The second-order valence-electron chi connectivity index (χ2n) is 5.69. The van der Waals surface area contributed by atoms with E-state index in [-0.39, 0.29) is 0 Å². The summed E-state index contributed by atoms with van der Waals surface area (Å²) in [5.74, 6) is 1.26. The zero-order valence-corrected chi connectivity index (χ0v) is 14.0. The molecule has 2 rings (SSSR count). The van der Waals surface area contributed by atoms with E-state index in [2.05, 4.69) is 24.2 Å². The fourth-order valence-corrected chi connectivity index (χ4v) is 2.79. The molecule has 1 N–H and O–H groups in total. The maximum Gasteiger partial charge on any atom is 0.179 e. The minimum Gasteiger partial charge on any atom is -0.493 e. The van der Waals surface area contributed by atoms with Gasteiger partial charge in [-0.2, -0.15) is 0 Å². The Kier molecular flexibility index (Phi) is 5.73. The van der Waals surface area contributed by atoms with Gasteiger partial charge in [0.25, 0.3) is 0 Å². The molecule has 0 spiro atoms. The summed E-state index contributed by atoms with van der Waals surface area (Å²) in [6, 6.07) is 5.21. The lowest BCUT2D eigenvalue weighted by Crippen LogP contribution is -2.38. The minimum atomic E-state index is 0.535. The Morgan fingerprint density at radius 2 is 2.05 bits per heavy atom. The van der Waals surface area contributed by atoms with Crippen molar-refractivity contribution < 1.29 is 9.47 Å². The first-order chi connectivity index (χ1) is 10.1. The number of rotatable bonds is 8. The molecule has 0 saturated heterocycles. The quantitative estimate of drug-likeness (QED) is 0.800. The lowest BCUT2D eigenvalue weighted by Gasteiger charge is -2.24. The van der Waals surface area contributed by atoms with Crippen LogP contribution in [0.1, 0.15) is 25.3 Å². The van der Waals surface area contributed by atoms with E-state index < -0.39 is 0 Å². The second kappa shape index (κ2) is 7.34. The first-order valence-electron chi connectivity index (χ1n) is 7.39. The van der Waals surface area contributed by atoms with Crippen molar-refractivity contribution in [3.8, 4) is 11.5 Å². The van der Waals surface area contributed by atoms with Crippen molar-refractivity contribution >= 4 is 11.6 Å². The number of nitrogens with zero attached hydrogens (tertiary/aromatic N) is 1. The number of halogens is 1. The fourth-order valence-electron chi connectivity index (χ4n) is 2.48. The van der Waals surface area contributed by atoms with Gasteiger partial charge in [0.05, 0.1) is 19.2 Å². The third-order valence-electron chi connectivity index (χ3n) is 4.08. The van der Waals surface area contributed by atoms with Crippen molar-refractivity contribution in [2.24, 2.45) is 0 Å². The SMILES string of the molecule is COc1cc(CNCC(C)N(C)C2CC2)cc(Cl)c1OC. The molecule has 1 unspecified atom stereocenters.